The maximum atomic E-state index is 10.5. The van der Waals surface area contributed by atoms with Crippen molar-refractivity contribution in [3.63, 3.8) is 0 Å². The maximum absolute atomic E-state index is 10.5. The average Bonchev–Trinajstić information content (AvgIpc) is 3.39. The lowest BCUT2D eigenvalue weighted by molar-refractivity contribution is -0.385. The number of carboxylic acid groups (broad SMARTS) is 1. The first-order valence-electron chi connectivity index (χ1n) is 8.00. The molecule has 2 N–H and O–H groups in total. The van der Waals surface area contributed by atoms with Crippen LogP contribution in [0.1, 0.15) is 23.2 Å². The molecule has 1 aromatic carbocycles. The summed E-state index contributed by atoms with van der Waals surface area (Å²) in [5, 5.41) is 22.4. The number of piperazine rings is 1. The van der Waals surface area contributed by atoms with Crippen LogP contribution in [-0.4, -0.2) is 60.7 Å². The van der Waals surface area contributed by atoms with Crippen molar-refractivity contribution in [2.45, 2.75) is 12.8 Å². The van der Waals surface area contributed by atoms with Gasteiger partial charge in [0.1, 0.15) is 0 Å². The molecule has 1 saturated carbocycles. The van der Waals surface area contributed by atoms with E-state index in [0.29, 0.717) is 0 Å². The third-order valence-electron chi connectivity index (χ3n) is 4.05. The topological polar surface area (TPSA) is 105 Å². The number of methoxy groups -OCH3 is 1. The fraction of sp³-hybridized carbons (Fsp3) is 0.562. The molecular weight excluding hydrogens is 314 g/mol. The highest BCUT2D eigenvalue weighted by Gasteiger charge is 2.24. The van der Waals surface area contributed by atoms with Gasteiger partial charge in [0.05, 0.1) is 17.6 Å². The third-order valence-corrected chi connectivity index (χ3v) is 4.05. The number of nitrogens with one attached hydrogen (secondary N) is 1. The van der Waals surface area contributed by atoms with E-state index >= 15 is 0 Å². The van der Waals surface area contributed by atoms with Gasteiger partial charge in [-0.25, -0.2) is 4.79 Å². The van der Waals surface area contributed by atoms with Gasteiger partial charge in [0, 0.05) is 44.9 Å². The Hall–Kier alpha value is -2.19. The Bertz CT molecular complexity index is 583. The van der Waals surface area contributed by atoms with Crippen molar-refractivity contribution in [2.75, 3.05) is 39.8 Å². The van der Waals surface area contributed by atoms with E-state index in [9.17, 15) is 14.9 Å². The number of rotatable bonds is 5. The monoisotopic (exact) mass is 337 g/mol. The largest absolute Gasteiger partial charge is 0.490 e. The zero-order valence-corrected chi connectivity index (χ0v) is 13.7. The van der Waals surface area contributed by atoms with Gasteiger partial charge >= 0.3 is 11.7 Å². The van der Waals surface area contributed by atoms with Crippen LogP contribution in [0.15, 0.2) is 18.2 Å². The number of carbonyl (C=O) groups is 1. The van der Waals surface area contributed by atoms with E-state index in [1.54, 1.807) is 0 Å². The number of aromatic carboxylic acids is 1. The standard InChI is InChI=1S/C8H16N2.C8H7NO5/c1-2-8(1)7-10-5-3-9-4-6-10;1-14-7-4-5(8(10)11)2-3-6(7)9(12)13/h8-9H,1-7H2;2-4H,1H3,(H,10,11). The van der Waals surface area contributed by atoms with Crippen LogP contribution in [0.3, 0.4) is 0 Å². The molecule has 1 aliphatic carbocycles. The molecule has 0 atom stereocenters. The van der Waals surface area contributed by atoms with Crippen molar-refractivity contribution in [3.05, 3.63) is 33.9 Å². The molecule has 0 unspecified atom stereocenters. The number of nitrogens with zero attached hydrogens (tertiary/aromatic N) is 2. The molecule has 8 nitrogen and oxygen atoms in total. The minimum atomic E-state index is -1.15. The van der Waals surface area contributed by atoms with Crippen LogP contribution in [0.25, 0.3) is 0 Å². The number of carboxylic acids is 1. The van der Waals surface area contributed by atoms with E-state index in [0.717, 1.165) is 24.1 Å². The molecule has 2 fully saturated rings. The number of hydrogen-bond donors (Lipinski definition) is 2. The maximum Gasteiger partial charge on any atom is 0.335 e. The van der Waals surface area contributed by atoms with Crippen molar-refractivity contribution in [1.82, 2.24) is 10.2 Å². The average molecular weight is 337 g/mol. The van der Waals surface area contributed by atoms with Crippen molar-refractivity contribution in [1.29, 1.82) is 0 Å². The Balaban J connectivity index is 0.000000182. The van der Waals surface area contributed by atoms with Gasteiger partial charge in [-0.15, -0.1) is 0 Å². The fourth-order valence-corrected chi connectivity index (χ4v) is 2.52. The Kier molecular flexibility index (Phi) is 6.51. The first-order valence-corrected chi connectivity index (χ1v) is 8.00. The second kappa shape index (κ2) is 8.60. The predicted octanol–water partition coefficient (Wildman–Crippen LogP) is 1.60. The van der Waals surface area contributed by atoms with Crippen molar-refractivity contribution in [3.8, 4) is 5.75 Å². The Morgan fingerprint density at radius 1 is 1.42 bits per heavy atom. The van der Waals surface area contributed by atoms with Crippen LogP contribution in [0.2, 0.25) is 0 Å². The molecule has 0 amide bonds. The van der Waals surface area contributed by atoms with Gasteiger partial charge < -0.3 is 20.1 Å². The summed E-state index contributed by atoms with van der Waals surface area (Å²) in [5.41, 5.74) is -0.301. The molecule has 2 aliphatic rings. The van der Waals surface area contributed by atoms with Gasteiger partial charge in [-0.1, -0.05) is 0 Å². The SMILES string of the molecule is C1CN(CC2CC2)CCN1.COc1cc(C(=O)O)ccc1[N+](=O)[O-]. The van der Waals surface area contributed by atoms with Gasteiger partial charge in [0.15, 0.2) is 5.75 Å². The minimum absolute atomic E-state index is 0.0487. The van der Waals surface area contributed by atoms with Crippen LogP contribution < -0.4 is 10.1 Å². The highest BCUT2D eigenvalue weighted by Crippen LogP contribution is 2.29. The number of ether oxygens (including phenoxy) is 1. The third kappa shape index (κ3) is 5.47. The molecule has 1 aliphatic heterocycles. The lowest BCUT2D eigenvalue weighted by atomic mass is 10.2. The Labute approximate surface area is 140 Å². The molecule has 0 spiro atoms. The number of nitro benzene ring substituents is 1. The Morgan fingerprint density at radius 3 is 2.58 bits per heavy atom. The van der Waals surface area contributed by atoms with Crippen molar-refractivity contribution < 1.29 is 19.6 Å². The van der Waals surface area contributed by atoms with Gasteiger partial charge in [0.2, 0.25) is 0 Å². The van der Waals surface area contributed by atoms with E-state index in [1.807, 2.05) is 0 Å². The van der Waals surface area contributed by atoms with Crippen molar-refractivity contribution in [2.24, 2.45) is 5.92 Å². The minimum Gasteiger partial charge on any atom is -0.490 e. The molecule has 1 aromatic rings. The fourth-order valence-electron chi connectivity index (χ4n) is 2.52. The molecule has 1 heterocycles. The molecule has 24 heavy (non-hydrogen) atoms. The van der Waals surface area contributed by atoms with Gasteiger partial charge in [-0.3, -0.25) is 10.1 Å². The molecular formula is C16H23N3O5. The van der Waals surface area contributed by atoms with Crippen LogP contribution in [0.4, 0.5) is 5.69 Å². The van der Waals surface area contributed by atoms with E-state index in [4.69, 9.17) is 9.84 Å². The summed E-state index contributed by atoms with van der Waals surface area (Å²) < 4.78 is 4.69. The second-order valence-electron chi connectivity index (χ2n) is 5.94. The second-order valence-corrected chi connectivity index (χ2v) is 5.94. The van der Waals surface area contributed by atoms with Crippen LogP contribution in [-0.2, 0) is 0 Å². The highest BCUT2D eigenvalue weighted by molar-refractivity contribution is 5.88. The molecule has 0 aromatic heterocycles. The molecule has 1 saturated heterocycles. The van der Waals surface area contributed by atoms with Gasteiger partial charge in [-0.2, -0.15) is 0 Å². The first-order chi connectivity index (χ1) is 11.5. The summed E-state index contributed by atoms with van der Waals surface area (Å²) >= 11 is 0. The van der Waals surface area contributed by atoms with Crippen molar-refractivity contribution >= 4 is 11.7 Å². The summed E-state index contributed by atoms with van der Waals surface area (Å²) in [6, 6.07) is 3.37. The smallest absolute Gasteiger partial charge is 0.335 e. The van der Waals surface area contributed by atoms with Crippen LogP contribution in [0, 0.1) is 16.0 Å². The molecule has 132 valence electrons. The summed E-state index contributed by atoms with van der Waals surface area (Å²) in [5.74, 6) is -0.147. The van der Waals surface area contributed by atoms with Gasteiger partial charge in [-0.05, 0) is 24.8 Å². The first kappa shape index (κ1) is 18.2. The zero-order chi connectivity index (χ0) is 17.5. The predicted molar refractivity (Wildman–Crippen MR) is 88.6 cm³/mol. The summed E-state index contributed by atoms with van der Waals surface area (Å²) in [6.07, 6.45) is 2.98. The molecule has 3 rings (SSSR count). The lowest BCUT2D eigenvalue weighted by Gasteiger charge is -2.26. The number of hydrogen-bond acceptors (Lipinski definition) is 6. The highest BCUT2D eigenvalue weighted by atomic mass is 16.6. The summed E-state index contributed by atoms with van der Waals surface area (Å²) in [4.78, 5) is 22.9. The lowest BCUT2D eigenvalue weighted by Crippen LogP contribution is -2.44. The van der Waals surface area contributed by atoms with Gasteiger partial charge in [0.25, 0.3) is 0 Å². The van der Waals surface area contributed by atoms with E-state index in [1.165, 1.54) is 52.7 Å². The Morgan fingerprint density at radius 2 is 2.08 bits per heavy atom. The quantitative estimate of drug-likeness (QED) is 0.621. The summed E-state index contributed by atoms with van der Waals surface area (Å²) in [7, 11) is 1.24. The zero-order valence-electron chi connectivity index (χ0n) is 13.7. The van der Waals surface area contributed by atoms with Crippen LogP contribution in [0.5, 0.6) is 5.75 Å². The number of nitro groups is 1. The van der Waals surface area contributed by atoms with E-state index < -0.39 is 10.9 Å². The number of benzene rings is 1. The van der Waals surface area contributed by atoms with Crippen LogP contribution >= 0.6 is 0 Å². The normalized spacial score (nSPS) is 17.5. The molecule has 0 radical (unpaired) electrons. The van der Waals surface area contributed by atoms with E-state index in [2.05, 4.69) is 10.2 Å². The van der Waals surface area contributed by atoms with E-state index in [-0.39, 0.29) is 17.0 Å². The molecule has 0 bridgehead atoms. The molecule has 8 heteroatoms. The summed E-state index contributed by atoms with van der Waals surface area (Å²) in [6.45, 7) is 6.33.